The van der Waals surface area contributed by atoms with Crippen LogP contribution in [0.4, 0.5) is 4.79 Å². The Labute approximate surface area is 158 Å². The third-order valence-electron chi connectivity index (χ3n) is 4.40. The molecule has 0 unspecified atom stereocenters. The molecule has 0 radical (unpaired) electrons. The second-order valence-electron chi connectivity index (χ2n) is 6.12. The molecule has 27 heavy (non-hydrogen) atoms. The molecule has 4 amide bonds. The summed E-state index contributed by atoms with van der Waals surface area (Å²) in [5, 5.41) is 6.49. The molecule has 1 saturated heterocycles. The van der Waals surface area contributed by atoms with Gasteiger partial charge in [0.05, 0.1) is 19.2 Å². The van der Waals surface area contributed by atoms with Crippen molar-refractivity contribution in [3.05, 3.63) is 45.9 Å². The monoisotopic (exact) mass is 382 g/mol. The summed E-state index contributed by atoms with van der Waals surface area (Å²) in [6, 6.07) is 4.61. The number of amides is 4. The molecule has 1 aromatic carbocycles. The zero-order valence-electron chi connectivity index (χ0n) is 14.2. The quantitative estimate of drug-likeness (QED) is 0.602. The number of fused-ring (bicyclic) bond motifs is 1. The van der Waals surface area contributed by atoms with Crippen molar-refractivity contribution in [2.24, 2.45) is 0 Å². The number of aromatic nitrogens is 1. The summed E-state index contributed by atoms with van der Waals surface area (Å²) in [6.07, 6.45) is 0. The van der Waals surface area contributed by atoms with Crippen LogP contribution >= 0.6 is 11.3 Å². The largest absolute Gasteiger partial charge is 0.497 e. The van der Waals surface area contributed by atoms with E-state index in [1.165, 1.54) is 23.3 Å². The molecule has 2 N–H and O–H groups in total. The standard InChI is InChI=1S/C18H14N4O4S/c1-26-13-3-2-11-7-22(15(23)14(11)6-13)9-18(16(24)20-17(25)21-18)5-4-12-8-27-10-19-12/h2-3,6,8,10H,7,9H2,1H3,(H2,20,21,24,25)/t18-/m1/s1. The maximum atomic E-state index is 12.8. The Morgan fingerprint density at radius 2 is 2.22 bits per heavy atom. The first-order valence-corrected chi connectivity index (χ1v) is 8.96. The van der Waals surface area contributed by atoms with E-state index < -0.39 is 17.5 Å². The van der Waals surface area contributed by atoms with Crippen molar-refractivity contribution >= 4 is 29.2 Å². The predicted octanol–water partition coefficient (Wildman–Crippen LogP) is 0.737. The lowest BCUT2D eigenvalue weighted by Crippen LogP contribution is -2.54. The minimum absolute atomic E-state index is 0.0719. The Kier molecular flexibility index (Phi) is 4.05. The van der Waals surface area contributed by atoms with Gasteiger partial charge in [-0.15, -0.1) is 11.3 Å². The van der Waals surface area contributed by atoms with Crippen LogP contribution in [0, 0.1) is 11.8 Å². The fraction of sp³-hybridized carbons (Fsp3) is 0.222. The fourth-order valence-electron chi connectivity index (χ4n) is 3.06. The summed E-state index contributed by atoms with van der Waals surface area (Å²) in [6.45, 7) is 0.249. The zero-order chi connectivity index (χ0) is 19.0. The highest BCUT2D eigenvalue weighted by molar-refractivity contribution is 7.07. The lowest BCUT2D eigenvalue weighted by molar-refractivity contribution is -0.122. The number of benzene rings is 1. The Balaban J connectivity index is 1.64. The number of ether oxygens (including phenoxy) is 1. The van der Waals surface area contributed by atoms with Crippen molar-refractivity contribution in [3.8, 4) is 17.6 Å². The summed E-state index contributed by atoms with van der Waals surface area (Å²) in [5.74, 6) is 5.36. The highest BCUT2D eigenvalue weighted by Crippen LogP contribution is 2.28. The lowest BCUT2D eigenvalue weighted by Gasteiger charge is -2.26. The summed E-state index contributed by atoms with van der Waals surface area (Å²) in [4.78, 5) is 42.5. The second kappa shape index (κ2) is 6.41. The smallest absolute Gasteiger partial charge is 0.323 e. The van der Waals surface area contributed by atoms with E-state index in [0.29, 0.717) is 23.6 Å². The van der Waals surface area contributed by atoms with E-state index in [9.17, 15) is 14.4 Å². The molecule has 4 rings (SSSR count). The SMILES string of the molecule is COc1ccc2c(c1)C(=O)N(C[C@@]1(C#Cc3cscn3)NC(=O)NC1=O)C2. The third kappa shape index (κ3) is 3.00. The minimum Gasteiger partial charge on any atom is -0.497 e. The Morgan fingerprint density at radius 1 is 1.37 bits per heavy atom. The second-order valence-corrected chi connectivity index (χ2v) is 6.84. The fourth-order valence-corrected chi connectivity index (χ4v) is 3.54. The summed E-state index contributed by atoms with van der Waals surface area (Å²) < 4.78 is 5.17. The maximum Gasteiger partial charge on any atom is 0.323 e. The molecule has 2 aliphatic rings. The van der Waals surface area contributed by atoms with Crippen LogP contribution in [0.15, 0.2) is 29.1 Å². The van der Waals surface area contributed by atoms with Gasteiger partial charge in [0, 0.05) is 17.5 Å². The molecule has 136 valence electrons. The number of methoxy groups -OCH3 is 1. The van der Waals surface area contributed by atoms with Gasteiger partial charge in [-0.25, -0.2) is 9.78 Å². The highest BCUT2D eigenvalue weighted by atomic mass is 32.1. The molecule has 0 aliphatic carbocycles. The third-order valence-corrected chi connectivity index (χ3v) is 4.99. The number of hydrogen-bond donors (Lipinski definition) is 2. The number of nitrogens with zero attached hydrogens (tertiary/aromatic N) is 2. The van der Waals surface area contributed by atoms with E-state index in [1.807, 2.05) is 6.07 Å². The molecule has 0 saturated carbocycles. The first-order valence-electron chi connectivity index (χ1n) is 8.02. The highest BCUT2D eigenvalue weighted by Gasteiger charge is 2.48. The van der Waals surface area contributed by atoms with Crippen LogP contribution in [0.25, 0.3) is 0 Å². The van der Waals surface area contributed by atoms with E-state index in [4.69, 9.17) is 4.74 Å². The molecular weight excluding hydrogens is 368 g/mol. The number of rotatable bonds is 3. The average molecular weight is 382 g/mol. The molecule has 1 aromatic heterocycles. The summed E-state index contributed by atoms with van der Waals surface area (Å²) >= 11 is 1.37. The van der Waals surface area contributed by atoms with E-state index in [-0.39, 0.29) is 12.5 Å². The first kappa shape index (κ1) is 17.1. The van der Waals surface area contributed by atoms with Crippen LogP contribution < -0.4 is 15.4 Å². The van der Waals surface area contributed by atoms with Crippen molar-refractivity contribution < 1.29 is 19.1 Å². The molecule has 8 nitrogen and oxygen atoms in total. The number of nitrogens with one attached hydrogen (secondary N) is 2. The van der Waals surface area contributed by atoms with Gasteiger partial charge in [0.1, 0.15) is 11.4 Å². The van der Waals surface area contributed by atoms with Gasteiger partial charge in [-0.3, -0.25) is 14.9 Å². The van der Waals surface area contributed by atoms with Gasteiger partial charge in [-0.2, -0.15) is 0 Å². The zero-order valence-corrected chi connectivity index (χ0v) is 15.1. The molecule has 1 atom stereocenters. The average Bonchev–Trinajstić information content (AvgIpc) is 3.34. The number of carbonyl (C=O) groups excluding carboxylic acids is 3. The van der Waals surface area contributed by atoms with Crippen molar-refractivity contribution in [3.63, 3.8) is 0 Å². The van der Waals surface area contributed by atoms with Gasteiger partial charge < -0.3 is 15.0 Å². The Hall–Kier alpha value is -3.38. The first-order chi connectivity index (χ1) is 13.0. The summed E-state index contributed by atoms with van der Waals surface area (Å²) in [5.41, 5.74) is 1.93. The Bertz CT molecular complexity index is 1010. The van der Waals surface area contributed by atoms with Crippen LogP contribution in [-0.4, -0.2) is 46.9 Å². The molecule has 2 aromatic rings. The van der Waals surface area contributed by atoms with E-state index in [1.54, 1.807) is 23.0 Å². The minimum atomic E-state index is -1.53. The van der Waals surface area contributed by atoms with Gasteiger partial charge in [0.15, 0.2) is 0 Å². The van der Waals surface area contributed by atoms with Gasteiger partial charge in [0.25, 0.3) is 11.8 Å². The van der Waals surface area contributed by atoms with Crippen LogP contribution in [0.3, 0.4) is 0 Å². The van der Waals surface area contributed by atoms with E-state index >= 15 is 0 Å². The van der Waals surface area contributed by atoms with Crippen molar-refractivity contribution in [1.29, 1.82) is 0 Å². The van der Waals surface area contributed by atoms with Crippen molar-refractivity contribution in [1.82, 2.24) is 20.5 Å². The summed E-state index contributed by atoms with van der Waals surface area (Å²) in [7, 11) is 1.53. The van der Waals surface area contributed by atoms with Gasteiger partial charge in [-0.05, 0) is 23.6 Å². The van der Waals surface area contributed by atoms with Crippen LogP contribution in [0.5, 0.6) is 5.75 Å². The molecular formula is C18H14N4O4S. The van der Waals surface area contributed by atoms with Crippen molar-refractivity contribution in [2.75, 3.05) is 13.7 Å². The Morgan fingerprint density at radius 3 is 2.89 bits per heavy atom. The lowest BCUT2D eigenvalue weighted by atomic mass is 9.99. The topological polar surface area (TPSA) is 101 Å². The number of carbonyl (C=O) groups is 3. The molecule has 1 fully saturated rings. The predicted molar refractivity (Wildman–Crippen MR) is 96.1 cm³/mol. The van der Waals surface area contributed by atoms with Crippen LogP contribution in [-0.2, 0) is 11.3 Å². The number of imide groups is 1. The van der Waals surface area contributed by atoms with Gasteiger partial charge in [-0.1, -0.05) is 12.0 Å². The molecule has 2 aliphatic heterocycles. The van der Waals surface area contributed by atoms with Gasteiger partial charge >= 0.3 is 6.03 Å². The van der Waals surface area contributed by atoms with Gasteiger partial charge in [0.2, 0.25) is 5.54 Å². The molecule has 0 spiro atoms. The number of urea groups is 1. The maximum absolute atomic E-state index is 12.8. The van der Waals surface area contributed by atoms with Crippen LogP contribution in [0.2, 0.25) is 0 Å². The number of thiazole rings is 1. The van der Waals surface area contributed by atoms with Crippen molar-refractivity contribution in [2.45, 2.75) is 12.1 Å². The normalized spacial score (nSPS) is 20.6. The molecule has 3 heterocycles. The molecule has 9 heteroatoms. The number of hydrogen-bond acceptors (Lipinski definition) is 6. The van der Waals surface area contributed by atoms with Crippen LogP contribution in [0.1, 0.15) is 21.6 Å². The molecule has 0 bridgehead atoms. The van der Waals surface area contributed by atoms with E-state index in [0.717, 1.165) is 5.56 Å². The van der Waals surface area contributed by atoms with E-state index in [2.05, 4.69) is 27.5 Å².